The second kappa shape index (κ2) is 34.6. The van der Waals surface area contributed by atoms with Gasteiger partial charge in [0.2, 0.25) is 5.91 Å². The van der Waals surface area contributed by atoms with Crippen molar-refractivity contribution in [2.45, 2.75) is 187 Å². The first-order valence-corrected chi connectivity index (χ1v) is 20.7. The standard InChI is InChI=1S/C37H72NO8P/c1-3-5-7-8-9-10-11-12-13-14-15-16-17-18-19-20-21-22-23-24-25-26-28-30-37(41)44-33-35(39)34-46-47(42,43)45-32-31-38-36(40)29-27-6-4-2/h12-13,35,39H,3-11,14-34H2,1-2H3,(H,38,40)(H,42,43)/b13-12+. The molecule has 2 unspecified atom stereocenters. The molecule has 278 valence electrons. The second-order valence-corrected chi connectivity index (χ2v) is 14.4. The number of allylic oxidation sites excluding steroid dienone is 2. The largest absolute Gasteiger partial charge is 0.472 e. The van der Waals surface area contributed by atoms with Gasteiger partial charge in [0.05, 0.1) is 13.2 Å². The van der Waals surface area contributed by atoms with Crippen LogP contribution in [0.25, 0.3) is 0 Å². The van der Waals surface area contributed by atoms with E-state index >= 15 is 0 Å². The number of aliphatic hydroxyl groups is 1. The molecule has 0 aromatic rings. The van der Waals surface area contributed by atoms with E-state index in [1.54, 1.807) is 0 Å². The average molecular weight is 690 g/mol. The van der Waals surface area contributed by atoms with E-state index < -0.39 is 26.5 Å². The fourth-order valence-corrected chi connectivity index (χ4v) is 6.01. The molecular formula is C37H72NO8P. The Balaban J connectivity index is 3.48. The summed E-state index contributed by atoms with van der Waals surface area (Å²) in [5.74, 6) is -0.537. The number of amides is 1. The van der Waals surface area contributed by atoms with Gasteiger partial charge in [0.25, 0.3) is 0 Å². The molecule has 0 aliphatic heterocycles. The lowest BCUT2D eigenvalue weighted by Crippen LogP contribution is -2.27. The highest BCUT2D eigenvalue weighted by Crippen LogP contribution is 2.42. The monoisotopic (exact) mass is 689 g/mol. The fourth-order valence-electron chi connectivity index (χ4n) is 5.26. The first-order chi connectivity index (χ1) is 22.8. The lowest BCUT2D eigenvalue weighted by atomic mass is 10.0. The number of aliphatic hydroxyl groups excluding tert-OH is 1. The number of phosphoric acid groups is 1. The third-order valence-corrected chi connectivity index (χ3v) is 9.18. The molecule has 47 heavy (non-hydrogen) atoms. The maximum atomic E-state index is 11.9. The van der Waals surface area contributed by atoms with Crippen molar-refractivity contribution in [1.29, 1.82) is 0 Å². The van der Waals surface area contributed by atoms with Crippen LogP contribution in [0.15, 0.2) is 12.2 Å². The molecule has 0 heterocycles. The van der Waals surface area contributed by atoms with Crippen molar-refractivity contribution in [2.24, 2.45) is 0 Å². The molecule has 0 fully saturated rings. The number of esters is 1. The fraction of sp³-hybridized carbons (Fsp3) is 0.892. The summed E-state index contributed by atoms with van der Waals surface area (Å²) in [6.07, 6.45) is 33.7. The van der Waals surface area contributed by atoms with Gasteiger partial charge in [0, 0.05) is 19.4 Å². The normalized spacial score (nSPS) is 13.5. The van der Waals surface area contributed by atoms with Crippen LogP contribution in [0.4, 0.5) is 0 Å². The van der Waals surface area contributed by atoms with Crippen molar-refractivity contribution < 1.29 is 37.9 Å². The zero-order chi connectivity index (χ0) is 34.7. The van der Waals surface area contributed by atoms with Crippen LogP contribution in [-0.2, 0) is 27.9 Å². The summed E-state index contributed by atoms with van der Waals surface area (Å²) in [4.78, 5) is 33.3. The van der Waals surface area contributed by atoms with Gasteiger partial charge >= 0.3 is 13.8 Å². The first-order valence-electron chi connectivity index (χ1n) is 19.2. The van der Waals surface area contributed by atoms with Gasteiger partial charge in [-0.3, -0.25) is 18.6 Å². The maximum absolute atomic E-state index is 11.9. The number of hydrogen-bond donors (Lipinski definition) is 3. The molecule has 0 saturated heterocycles. The van der Waals surface area contributed by atoms with Crippen LogP contribution < -0.4 is 5.32 Å². The van der Waals surface area contributed by atoms with E-state index in [-0.39, 0.29) is 32.1 Å². The summed E-state index contributed by atoms with van der Waals surface area (Å²) in [6, 6.07) is 0. The van der Waals surface area contributed by atoms with Crippen LogP contribution in [0.3, 0.4) is 0 Å². The molecule has 3 N–H and O–H groups in total. The Morgan fingerprint density at radius 2 is 1.09 bits per heavy atom. The molecule has 0 bridgehead atoms. The Bertz CT molecular complexity index is 794. The Hall–Kier alpha value is -1.25. The molecular weight excluding hydrogens is 617 g/mol. The summed E-state index contributed by atoms with van der Waals surface area (Å²) >= 11 is 0. The minimum atomic E-state index is -4.39. The smallest absolute Gasteiger partial charge is 0.463 e. The van der Waals surface area contributed by atoms with Crippen molar-refractivity contribution >= 4 is 19.7 Å². The van der Waals surface area contributed by atoms with Gasteiger partial charge in [-0.2, -0.15) is 0 Å². The highest BCUT2D eigenvalue weighted by atomic mass is 31.2. The van der Waals surface area contributed by atoms with E-state index in [0.29, 0.717) is 6.42 Å². The zero-order valence-electron chi connectivity index (χ0n) is 30.2. The van der Waals surface area contributed by atoms with Crippen LogP contribution >= 0.6 is 7.82 Å². The third-order valence-electron chi connectivity index (χ3n) is 8.20. The molecule has 0 spiro atoms. The minimum absolute atomic E-state index is 0.0805. The molecule has 9 nitrogen and oxygen atoms in total. The summed E-state index contributed by atoms with van der Waals surface area (Å²) in [7, 11) is -4.39. The van der Waals surface area contributed by atoms with Crippen molar-refractivity contribution in [1.82, 2.24) is 5.32 Å². The average Bonchev–Trinajstić information content (AvgIpc) is 3.05. The molecule has 0 rings (SSSR count). The maximum Gasteiger partial charge on any atom is 0.472 e. The number of ether oxygens (including phenoxy) is 1. The van der Waals surface area contributed by atoms with Crippen LogP contribution in [0.1, 0.15) is 181 Å². The zero-order valence-corrected chi connectivity index (χ0v) is 31.1. The first kappa shape index (κ1) is 45.8. The van der Waals surface area contributed by atoms with Gasteiger partial charge in [-0.05, 0) is 38.5 Å². The number of nitrogens with one attached hydrogen (secondary N) is 1. The van der Waals surface area contributed by atoms with Crippen molar-refractivity contribution in [3.05, 3.63) is 12.2 Å². The number of hydrogen-bond acceptors (Lipinski definition) is 7. The van der Waals surface area contributed by atoms with E-state index in [4.69, 9.17) is 13.8 Å². The van der Waals surface area contributed by atoms with Crippen LogP contribution in [0.5, 0.6) is 0 Å². The van der Waals surface area contributed by atoms with Gasteiger partial charge in [0.1, 0.15) is 12.7 Å². The molecule has 10 heteroatoms. The SMILES string of the molecule is CCCCCCCC/C=C/CCCCCCCCCCCCCCCC(=O)OCC(O)COP(=O)(O)OCCNC(=O)CCCCC. The van der Waals surface area contributed by atoms with E-state index in [0.717, 1.165) is 38.5 Å². The van der Waals surface area contributed by atoms with Crippen LogP contribution in [0.2, 0.25) is 0 Å². The Kier molecular flexibility index (Phi) is 33.7. The van der Waals surface area contributed by atoms with Crippen molar-refractivity contribution in [3.63, 3.8) is 0 Å². The quantitative estimate of drug-likeness (QED) is 0.0256. The topological polar surface area (TPSA) is 131 Å². The number of carbonyl (C=O) groups excluding carboxylic acids is 2. The van der Waals surface area contributed by atoms with Gasteiger partial charge in [-0.15, -0.1) is 0 Å². The predicted octanol–water partition coefficient (Wildman–Crippen LogP) is 9.88. The Morgan fingerprint density at radius 3 is 1.62 bits per heavy atom. The lowest BCUT2D eigenvalue weighted by molar-refractivity contribution is -0.147. The van der Waals surface area contributed by atoms with Crippen molar-refractivity contribution in [3.8, 4) is 0 Å². The van der Waals surface area contributed by atoms with Gasteiger partial charge in [-0.1, -0.05) is 142 Å². The highest BCUT2D eigenvalue weighted by Gasteiger charge is 2.23. The predicted molar refractivity (Wildman–Crippen MR) is 192 cm³/mol. The molecule has 0 radical (unpaired) electrons. The molecule has 0 aliphatic rings. The van der Waals surface area contributed by atoms with E-state index in [2.05, 4.69) is 31.3 Å². The summed E-state index contributed by atoms with van der Waals surface area (Å²) in [6.45, 7) is 3.37. The lowest BCUT2D eigenvalue weighted by Gasteiger charge is -2.15. The number of carbonyl (C=O) groups is 2. The van der Waals surface area contributed by atoms with E-state index in [1.165, 1.54) is 116 Å². The Morgan fingerprint density at radius 1 is 0.638 bits per heavy atom. The summed E-state index contributed by atoms with van der Waals surface area (Å²) in [5, 5.41) is 12.5. The summed E-state index contributed by atoms with van der Waals surface area (Å²) < 4.78 is 26.5. The van der Waals surface area contributed by atoms with Gasteiger partial charge in [-0.25, -0.2) is 4.57 Å². The van der Waals surface area contributed by atoms with Crippen LogP contribution in [0, 0.1) is 0 Å². The number of phosphoric ester groups is 1. The van der Waals surface area contributed by atoms with Crippen molar-refractivity contribution in [2.75, 3.05) is 26.4 Å². The van der Waals surface area contributed by atoms with Gasteiger partial charge < -0.3 is 20.1 Å². The molecule has 2 atom stereocenters. The number of rotatable bonds is 36. The molecule has 0 aliphatic carbocycles. The minimum Gasteiger partial charge on any atom is -0.463 e. The molecule has 0 aromatic heterocycles. The molecule has 0 saturated carbocycles. The molecule has 1 amide bonds. The van der Waals surface area contributed by atoms with Crippen LogP contribution in [-0.4, -0.2) is 54.3 Å². The summed E-state index contributed by atoms with van der Waals surface area (Å²) in [5.41, 5.74) is 0. The molecule has 0 aromatic carbocycles. The third kappa shape index (κ3) is 35.9. The Labute approximate surface area is 288 Å². The highest BCUT2D eigenvalue weighted by molar-refractivity contribution is 7.47. The van der Waals surface area contributed by atoms with E-state index in [9.17, 15) is 24.2 Å². The number of unbranched alkanes of at least 4 members (excludes halogenated alkanes) is 21. The second-order valence-electron chi connectivity index (χ2n) is 12.9. The van der Waals surface area contributed by atoms with E-state index in [1.807, 2.05) is 0 Å². The van der Waals surface area contributed by atoms with Gasteiger partial charge in [0.15, 0.2) is 0 Å².